The molecule has 0 aliphatic rings. The number of nitrogens with zero attached hydrogens (tertiary/aromatic N) is 1. The SMILES string of the molecule is c1ccc(-c2ccc(-c3ccccc3N(c3ccccc3)c3cccc4oc5c6ccccc6c(-c6ccccc6)cc5c34)cc2)cc1. The molecule has 0 N–H and O–H groups in total. The van der Waals surface area contributed by atoms with E-state index < -0.39 is 0 Å². The van der Waals surface area contributed by atoms with Gasteiger partial charge in [-0.1, -0.05) is 152 Å². The van der Waals surface area contributed by atoms with Gasteiger partial charge < -0.3 is 9.32 Å². The number of fused-ring (bicyclic) bond motifs is 5. The third-order valence-electron chi connectivity index (χ3n) is 9.27. The summed E-state index contributed by atoms with van der Waals surface area (Å²) in [6.07, 6.45) is 0. The first-order chi connectivity index (χ1) is 23.8. The summed E-state index contributed by atoms with van der Waals surface area (Å²) in [6.45, 7) is 0. The molecule has 0 fully saturated rings. The maximum absolute atomic E-state index is 6.76. The predicted octanol–water partition coefficient (Wildman–Crippen LogP) is 13.2. The molecule has 0 aliphatic carbocycles. The van der Waals surface area contributed by atoms with Crippen molar-refractivity contribution in [2.24, 2.45) is 0 Å². The van der Waals surface area contributed by atoms with Gasteiger partial charge in [0.1, 0.15) is 11.2 Å². The number of hydrogen-bond donors (Lipinski definition) is 0. The van der Waals surface area contributed by atoms with Crippen LogP contribution in [0.15, 0.2) is 192 Å². The van der Waals surface area contributed by atoms with E-state index in [9.17, 15) is 0 Å². The minimum atomic E-state index is 0.864. The molecule has 0 spiro atoms. The fourth-order valence-electron chi connectivity index (χ4n) is 7.04. The van der Waals surface area contributed by atoms with Gasteiger partial charge in [0, 0.05) is 22.0 Å². The first-order valence-electron chi connectivity index (χ1n) is 16.4. The summed E-state index contributed by atoms with van der Waals surface area (Å²) >= 11 is 0. The molecular weight excluding hydrogens is 583 g/mol. The second kappa shape index (κ2) is 11.8. The largest absolute Gasteiger partial charge is 0.455 e. The smallest absolute Gasteiger partial charge is 0.143 e. The van der Waals surface area contributed by atoms with Crippen molar-refractivity contribution in [1.82, 2.24) is 0 Å². The second-order valence-corrected chi connectivity index (χ2v) is 12.1. The summed E-state index contributed by atoms with van der Waals surface area (Å²) in [4.78, 5) is 2.38. The molecule has 2 heteroatoms. The number of para-hydroxylation sites is 2. The zero-order chi connectivity index (χ0) is 31.9. The van der Waals surface area contributed by atoms with Crippen molar-refractivity contribution < 1.29 is 4.42 Å². The molecule has 0 aliphatic heterocycles. The lowest BCUT2D eigenvalue weighted by Crippen LogP contribution is -2.11. The van der Waals surface area contributed by atoms with Crippen molar-refractivity contribution in [2.75, 3.05) is 4.90 Å². The van der Waals surface area contributed by atoms with Crippen LogP contribution in [0.25, 0.3) is 66.1 Å². The highest BCUT2D eigenvalue weighted by Gasteiger charge is 2.23. The molecule has 8 aromatic carbocycles. The van der Waals surface area contributed by atoms with E-state index in [1.165, 1.54) is 27.6 Å². The highest BCUT2D eigenvalue weighted by molar-refractivity contribution is 6.22. The maximum Gasteiger partial charge on any atom is 0.143 e. The minimum Gasteiger partial charge on any atom is -0.455 e. The molecule has 0 saturated carbocycles. The van der Waals surface area contributed by atoms with Gasteiger partial charge in [0.25, 0.3) is 0 Å². The number of hydrogen-bond acceptors (Lipinski definition) is 2. The van der Waals surface area contributed by atoms with Crippen molar-refractivity contribution in [3.63, 3.8) is 0 Å². The Morgan fingerprint density at radius 3 is 1.65 bits per heavy atom. The first-order valence-corrected chi connectivity index (χ1v) is 16.4. The average molecular weight is 614 g/mol. The Bertz CT molecular complexity index is 2530. The third kappa shape index (κ3) is 4.74. The first kappa shape index (κ1) is 27.9. The number of anilines is 3. The van der Waals surface area contributed by atoms with Gasteiger partial charge in [0.2, 0.25) is 0 Å². The van der Waals surface area contributed by atoms with E-state index in [1.807, 2.05) is 0 Å². The van der Waals surface area contributed by atoms with Crippen LogP contribution in [-0.4, -0.2) is 0 Å². The lowest BCUT2D eigenvalue weighted by atomic mass is 9.95. The Balaban J connectivity index is 1.29. The monoisotopic (exact) mass is 613 g/mol. The topological polar surface area (TPSA) is 16.4 Å². The number of furan rings is 1. The standard InChI is InChI=1S/C46H31NO/c1-4-15-32(16-5-1)33-27-29-35(30-28-33)37-21-12-13-24-42(37)47(36-19-8-3-9-20-36)43-25-14-26-44-45(43)41-31-40(34-17-6-2-7-18-34)38-22-10-11-23-39(38)46(41)48-44/h1-31H. The van der Waals surface area contributed by atoms with Crippen molar-refractivity contribution in [1.29, 1.82) is 0 Å². The normalized spacial score (nSPS) is 11.3. The van der Waals surface area contributed by atoms with Crippen molar-refractivity contribution in [3.05, 3.63) is 188 Å². The molecule has 0 bridgehead atoms. The zero-order valence-corrected chi connectivity index (χ0v) is 26.3. The van der Waals surface area contributed by atoms with Crippen LogP contribution in [0.3, 0.4) is 0 Å². The Morgan fingerprint density at radius 1 is 0.354 bits per heavy atom. The van der Waals surface area contributed by atoms with E-state index in [2.05, 4.69) is 193 Å². The van der Waals surface area contributed by atoms with Gasteiger partial charge in [-0.2, -0.15) is 0 Å². The lowest BCUT2D eigenvalue weighted by molar-refractivity contribution is 0.672. The van der Waals surface area contributed by atoms with E-state index in [0.29, 0.717) is 0 Å². The summed E-state index contributed by atoms with van der Waals surface area (Å²) in [5, 5.41) is 4.49. The van der Waals surface area contributed by atoms with Crippen LogP contribution in [0, 0.1) is 0 Å². The van der Waals surface area contributed by atoms with Crippen LogP contribution >= 0.6 is 0 Å². The quantitative estimate of drug-likeness (QED) is 0.185. The Morgan fingerprint density at radius 2 is 0.896 bits per heavy atom. The Labute approximate surface area is 279 Å². The summed E-state index contributed by atoms with van der Waals surface area (Å²) in [5.74, 6) is 0. The zero-order valence-electron chi connectivity index (χ0n) is 26.3. The minimum absolute atomic E-state index is 0.864. The molecule has 0 unspecified atom stereocenters. The summed E-state index contributed by atoms with van der Waals surface area (Å²) in [7, 11) is 0. The fourth-order valence-corrected chi connectivity index (χ4v) is 7.04. The van der Waals surface area contributed by atoms with Crippen molar-refractivity contribution in [3.8, 4) is 33.4 Å². The van der Waals surface area contributed by atoms with Gasteiger partial charge >= 0.3 is 0 Å². The molecule has 0 amide bonds. The predicted molar refractivity (Wildman–Crippen MR) is 202 cm³/mol. The average Bonchev–Trinajstić information content (AvgIpc) is 3.56. The van der Waals surface area contributed by atoms with Crippen LogP contribution in [-0.2, 0) is 0 Å². The Kier molecular flexibility index (Phi) is 6.84. The Hall–Kier alpha value is -6.38. The highest BCUT2D eigenvalue weighted by Crippen LogP contribution is 2.48. The molecule has 1 aromatic heterocycles. The molecule has 226 valence electrons. The summed E-state index contributed by atoms with van der Waals surface area (Å²) < 4.78 is 6.76. The molecule has 48 heavy (non-hydrogen) atoms. The van der Waals surface area contributed by atoms with E-state index >= 15 is 0 Å². The number of benzene rings is 8. The molecule has 0 saturated heterocycles. The van der Waals surface area contributed by atoms with Crippen LogP contribution in [0.2, 0.25) is 0 Å². The van der Waals surface area contributed by atoms with Gasteiger partial charge in [0.05, 0.1) is 16.8 Å². The van der Waals surface area contributed by atoms with E-state index in [4.69, 9.17) is 4.42 Å². The van der Waals surface area contributed by atoms with Gasteiger partial charge in [-0.15, -0.1) is 0 Å². The summed E-state index contributed by atoms with van der Waals surface area (Å²) in [5.41, 5.74) is 12.1. The second-order valence-electron chi connectivity index (χ2n) is 12.1. The molecule has 0 atom stereocenters. The van der Waals surface area contributed by atoms with Gasteiger partial charge in [-0.25, -0.2) is 0 Å². The fraction of sp³-hybridized carbons (Fsp3) is 0. The van der Waals surface area contributed by atoms with Gasteiger partial charge in [0.15, 0.2) is 0 Å². The van der Waals surface area contributed by atoms with E-state index in [0.717, 1.165) is 55.5 Å². The van der Waals surface area contributed by atoms with Gasteiger partial charge in [-0.05, 0) is 69.6 Å². The van der Waals surface area contributed by atoms with Crippen LogP contribution in [0.5, 0.6) is 0 Å². The van der Waals surface area contributed by atoms with Crippen molar-refractivity contribution >= 4 is 49.8 Å². The van der Waals surface area contributed by atoms with Crippen LogP contribution < -0.4 is 4.90 Å². The molecule has 9 rings (SSSR count). The summed E-state index contributed by atoms with van der Waals surface area (Å²) in [6, 6.07) is 66.7. The molecule has 2 nitrogen and oxygen atoms in total. The van der Waals surface area contributed by atoms with E-state index in [1.54, 1.807) is 0 Å². The lowest BCUT2D eigenvalue weighted by Gasteiger charge is -2.28. The maximum atomic E-state index is 6.76. The van der Waals surface area contributed by atoms with Crippen LogP contribution in [0.4, 0.5) is 17.1 Å². The van der Waals surface area contributed by atoms with E-state index in [-0.39, 0.29) is 0 Å². The van der Waals surface area contributed by atoms with Gasteiger partial charge in [-0.3, -0.25) is 0 Å². The number of rotatable bonds is 6. The molecule has 1 heterocycles. The van der Waals surface area contributed by atoms with Crippen LogP contribution in [0.1, 0.15) is 0 Å². The highest BCUT2D eigenvalue weighted by atomic mass is 16.3. The molecule has 0 radical (unpaired) electrons. The van der Waals surface area contributed by atoms with Crippen molar-refractivity contribution in [2.45, 2.75) is 0 Å². The third-order valence-corrected chi connectivity index (χ3v) is 9.27. The molecular formula is C46H31NO. The molecule has 9 aromatic rings.